The van der Waals surface area contributed by atoms with E-state index in [1.54, 1.807) is 0 Å². The summed E-state index contributed by atoms with van der Waals surface area (Å²) in [5, 5.41) is 0. The molecule has 0 fully saturated rings. The van der Waals surface area contributed by atoms with E-state index in [0.717, 1.165) is 19.3 Å². The first-order chi connectivity index (χ1) is 7.86. The normalized spacial score (nSPS) is 12.0. The molecule has 0 unspecified atom stereocenters. The van der Waals surface area contributed by atoms with E-state index in [1.165, 1.54) is 0 Å². The molecule has 0 atom stereocenters. The van der Waals surface area contributed by atoms with Crippen molar-refractivity contribution in [3.05, 3.63) is 12.7 Å². The van der Waals surface area contributed by atoms with E-state index in [1.807, 2.05) is 11.0 Å². The molecule has 0 aromatic heterocycles. The number of amides is 1. The zero-order valence-corrected chi connectivity index (χ0v) is 12.4. The minimum Gasteiger partial charge on any atom is -0.337 e. The van der Waals surface area contributed by atoms with Crippen molar-refractivity contribution in [2.24, 2.45) is 5.41 Å². The molecule has 1 amide bonds. The molecule has 17 heavy (non-hydrogen) atoms. The highest BCUT2D eigenvalue weighted by Gasteiger charge is 2.38. The van der Waals surface area contributed by atoms with Crippen LogP contribution in [0.15, 0.2) is 12.7 Å². The third kappa shape index (κ3) is 3.58. The first-order valence-electron chi connectivity index (χ1n) is 6.79. The molecule has 0 rings (SSSR count). The molecule has 0 radical (unpaired) electrons. The predicted octanol–water partition coefficient (Wildman–Crippen LogP) is 4.01. The second-order valence-electron chi connectivity index (χ2n) is 5.38. The fraction of sp³-hybridized carbons (Fsp3) is 0.800. The summed E-state index contributed by atoms with van der Waals surface area (Å²) in [6.07, 6.45) is 4.41. The van der Waals surface area contributed by atoms with Crippen molar-refractivity contribution in [3.8, 4) is 0 Å². The monoisotopic (exact) mass is 239 g/mol. The fourth-order valence-electron chi connectivity index (χ4n) is 2.54. The van der Waals surface area contributed by atoms with Gasteiger partial charge in [0, 0.05) is 12.1 Å². The summed E-state index contributed by atoms with van der Waals surface area (Å²) >= 11 is 0. The molecule has 2 heteroatoms. The molecular formula is C15H29NO. The molecule has 0 aliphatic heterocycles. The van der Waals surface area contributed by atoms with Gasteiger partial charge in [-0.05, 0) is 47.0 Å². The average molecular weight is 239 g/mol. The number of hydrogen-bond donors (Lipinski definition) is 0. The van der Waals surface area contributed by atoms with E-state index in [9.17, 15) is 4.79 Å². The topological polar surface area (TPSA) is 20.3 Å². The van der Waals surface area contributed by atoms with Crippen LogP contribution in [0.3, 0.4) is 0 Å². The first kappa shape index (κ1) is 16.2. The van der Waals surface area contributed by atoms with Crippen molar-refractivity contribution in [1.82, 2.24) is 4.90 Å². The second-order valence-corrected chi connectivity index (χ2v) is 5.38. The Morgan fingerprint density at radius 2 is 1.59 bits per heavy atom. The van der Waals surface area contributed by atoms with Crippen molar-refractivity contribution in [2.75, 3.05) is 0 Å². The Balaban J connectivity index is 5.23. The van der Waals surface area contributed by atoms with E-state index >= 15 is 0 Å². The summed E-state index contributed by atoms with van der Waals surface area (Å²) in [5.41, 5.74) is -0.254. The quantitative estimate of drug-likeness (QED) is 0.615. The number of nitrogens with zero attached hydrogens (tertiary/aromatic N) is 1. The molecule has 0 aromatic rings. The molecule has 0 saturated heterocycles. The number of carbonyl (C=O) groups is 1. The number of rotatable bonds is 7. The van der Waals surface area contributed by atoms with E-state index in [-0.39, 0.29) is 23.4 Å². The Morgan fingerprint density at radius 1 is 1.18 bits per heavy atom. The molecule has 0 spiro atoms. The van der Waals surface area contributed by atoms with Gasteiger partial charge in [-0.1, -0.05) is 19.9 Å². The summed E-state index contributed by atoms with van der Waals surface area (Å²) in [4.78, 5) is 14.8. The molecule has 0 aliphatic carbocycles. The second kappa shape index (κ2) is 6.83. The Morgan fingerprint density at radius 3 is 1.82 bits per heavy atom. The Labute approximate surface area is 107 Å². The predicted molar refractivity (Wildman–Crippen MR) is 74.9 cm³/mol. The summed E-state index contributed by atoms with van der Waals surface area (Å²) in [5.74, 6) is 0.285. The highest BCUT2D eigenvalue weighted by molar-refractivity contribution is 5.83. The lowest BCUT2D eigenvalue weighted by Gasteiger charge is -2.40. The summed E-state index contributed by atoms with van der Waals surface area (Å²) < 4.78 is 0. The van der Waals surface area contributed by atoms with Gasteiger partial charge < -0.3 is 4.90 Å². The van der Waals surface area contributed by atoms with Gasteiger partial charge in [0.1, 0.15) is 0 Å². The van der Waals surface area contributed by atoms with Crippen LogP contribution in [0.25, 0.3) is 0 Å². The summed E-state index contributed by atoms with van der Waals surface area (Å²) in [6, 6.07) is 0.509. The van der Waals surface area contributed by atoms with Gasteiger partial charge in [-0.3, -0.25) is 4.79 Å². The van der Waals surface area contributed by atoms with Gasteiger partial charge in [0.25, 0.3) is 0 Å². The lowest BCUT2D eigenvalue weighted by Crippen LogP contribution is -2.49. The number of allylic oxidation sites excluding steroid dienone is 1. The highest BCUT2D eigenvalue weighted by Crippen LogP contribution is 2.34. The molecule has 100 valence electrons. The Hall–Kier alpha value is -0.790. The van der Waals surface area contributed by atoms with Gasteiger partial charge >= 0.3 is 0 Å². The Bertz CT molecular complexity index is 244. The number of hydrogen-bond acceptors (Lipinski definition) is 1. The van der Waals surface area contributed by atoms with Crippen molar-refractivity contribution in [1.29, 1.82) is 0 Å². The Kier molecular flexibility index (Phi) is 6.51. The van der Waals surface area contributed by atoms with Crippen LogP contribution in [0.4, 0.5) is 0 Å². The molecule has 0 heterocycles. The maximum absolute atomic E-state index is 12.8. The van der Waals surface area contributed by atoms with Gasteiger partial charge in [-0.2, -0.15) is 0 Å². The fourth-order valence-corrected chi connectivity index (χ4v) is 2.54. The molecule has 0 aliphatic rings. The smallest absolute Gasteiger partial charge is 0.229 e. The molecule has 0 saturated carbocycles. The maximum atomic E-state index is 12.8. The summed E-state index contributed by atoms with van der Waals surface area (Å²) in [7, 11) is 0. The van der Waals surface area contributed by atoms with Gasteiger partial charge in [-0.25, -0.2) is 0 Å². The van der Waals surface area contributed by atoms with Crippen molar-refractivity contribution >= 4 is 5.91 Å². The van der Waals surface area contributed by atoms with Crippen molar-refractivity contribution in [3.63, 3.8) is 0 Å². The van der Waals surface area contributed by atoms with Gasteiger partial charge in [0.15, 0.2) is 0 Å². The highest BCUT2D eigenvalue weighted by atomic mass is 16.2. The van der Waals surface area contributed by atoms with Gasteiger partial charge in [-0.15, -0.1) is 6.58 Å². The van der Waals surface area contributed by atoms with Crippen LogP contribution in [0.2, 0.25) is 0 Å². The first-order valence-corrected chi connectivity index (χ1v) is 6.79. The SMILES string of the molecule is C=CCC(CC)(CC)C(=O)N(C(C)C)C(C)C. The lowest BCUT2D eigenvalue weighted by molar-refractivity contribution is -0.146. The van der Waals surface area contributed by atoms with Crippen LogP contribution in [-0.2, 0) is 4.79 Å². The molecule has 0 N–H and O–H groups in total. The molecule has 2 nitrogen and oxygen atoms in total. The molecule has 0 bridgehead atoms. The van der Waals surface area contributed by atoms with E-state index in [4.69, 9.17) is 0 Å². The largest absolute Gasteiger partial charge is 0.337 e. The third-order valence-electron chi connectivity index (χ3n) is 3.69. The van der Waals surface area contributed by atoms with E-state index < -0.39 is 0 Å². The maximum Gasteiger partial charge on any atom is 0.229 e. The van der Waals surface area contributed by atoms with Crippen molar-refractivity contribution in [2.45, 2.75) is 72.9 Å². The van der Waals surface area contributed by atoms with Crippen LogP contribution in [-0.4, -0.2) is 22.9 Å². The minimum atomic E-state index is -0.254. The minimum absolute atomic E-state index is 0.254. The van der Waals surface area contributed by atoms with Crippen molar-refractivity contribution < 1.29 is 4.79 Å². The van der Waals surface area contributed by atoms with E-state index in [0.29, 0.717) is 0 Å². The van der Waals surface area contributed by atoms with Crippen LogP contribution < -0.4 is 0 Å². The summed E-state index contributed by atoms with van der Waals surface area (Å²) in [6.45, 7) is 16.3. The average Bonchev–Trinajstić information content (AvgIpc) is 2.24. The third-order valence-corrected chi connectivity index (χ3v) is 3.69. The van der Waals surface area contributed by atoms with Gasteiger partial charge in [0.2, 0.25) is 5.91 Å². The van der Waals surface area contributed by atoms with E-state index in [2.05, 4.69) is 48.1 Å². The van der Waals surface area contributed by atoms with Crippen LogP contribution in [0.1, 0.15) is 60.8 Å². The van der Waals surface area contributed by atoms with Crippen LogP contribution in [0, 0.1) is 5.41 Å². The van der Waals surface area contributed by atoms with Gasteiger partial charge in [0.05, 0.1) is 5.41 Å². The van der Waals surface area contributed by atoms with Crippen LogP contribution >= 0.6 is 0 Å². The zero-order chi connectivity index (χ0) is 13.6. The molecular weight excluding hydrogens is 210 g/mol. The van der Waals surface area contributed by atoms with Crippen LogP contribution in [0.5, 0.6) is 0 Å². The lowest BCUT2D eigenvalue weighted by atomic mass is 9.77. The molecule has 0 aromatic carbocycles. The number of carbonyl (C=O) groups excluding carboxylic acids is 1. The standard InChI is InChI=1S/C15H29NO/c1-8-11-15(9-2,10-3)14(17)16(12(4)5)13(6)7/h8,12-13H,1,9-11H2,2-7H3. The zero-order valence-electron chi connectivity index (χ0n) is 12.4.